The Morgan fingerprint density at radius 2 is 1.92 bits per heavy atom. The molecule has 10 nitrogen and oxygen atoms in total. The lowest BCUT2D eigenvalue weighted by Gasteiger charge is -2.10. The van der Waals surface area contributed by atoms with Crippen LogP contribution in [0.3, 0.4) is 0 Å². The maximum Gasteiger partial charge on any atom is 0.337 e. The van der Waals surface area contributed by atoms with Crippen molar-refractivity contribution >= 4 is 17.6 Å². The first-order valence-electron chi connectivity index (χ1n) is 11.6. The second-order valence-electron chi connectivity index (χ2n) is 8.38. The van der Waals surface area contributed by atoms with Crippen LogP contribution in [0.5, 0.6) is 0 Å². The number of carbonyl (C=O) groups is 1. The number of aromatic carboxylic acids is 1. The fourth-order valence-electron chi connectivity index (χ4n) is 4.29. The van der Waals surface area contributed by atoms with E-state index in [4.69, 9.17) is 11.6 Å². The molecule has 3 aromatic heterocycles. The van der Waals surface area contributed by atoms with Gasteiger partial charge < -0.3 is 5.11 Å². The number of aryl methyl sites for hydroxylation is 1. The number of halogens is 1. The predicted octanol–water partition coefficient (Wildman–Crippen LogP) is 4.23. The zero-order chi connectivity index (χ0) is 25.9. The van der Waals surface area contributed by atoms with Gasteiger partial charge in [0.1, 0.15) is 0 Å². The van der Waals surface area contributed by atoms with E-state index in [2.05, 4.69) is 25.6 Å². The first-order valence-corrected chi connectivity index (χ1v) is 12.0. The molecular formula is C26H22ClN7O3. The van der Waals surface area contributed by atoms with Gasteiger partial charge in [0.25, 0.3) is 0 Å². The van der Waals surface area contributed by atoms with Crippen LogP contribution in [0.15, 0.2) is 71.8 Å². The van der Waals surface area contributed by atoms with E-state index >= 15 is 0 Å². The van der Waals surface area contributed by atoms with Crippen LogP contribution in [0.4, 0.5) is 0 Å². The molecule has 0 saturated carbocycles. The van der Waals surface area contributed by atoms with Gasteiger partial charge in [-0.1, -0.05) is 55.3 Å². The minimum atomic E-state index is -1.15. The summed E-state index contributed by atoms with van der Waals surface area (Å²) in [5.74, 6) is -0.705. The molecule has 37 heavy (non-hydrogen) atoms. The fraction of sp³-hybridized carbons (Fsp3) is 0.154. The van der Waals surface area contributed by atoms with Gasteiger partial charge in [0.2, 0.25) is 5.82 Å². The van der Waals surface area contributed by atoms with Crippen molar-refractivity contribution in [1.29, 1.82) is 0 Å². The summed E-state index contributed by atoms with van der Waals surface area (Å²) in [5, 5.41) is 24.1. The van der Waals surface area contributed by atoms with Crippen LogP contribution in [-0.2, 0) is 13.0 Å². The largest absolute Gasteiger partial charge is 0.478 e. The number of carboxylic acid groups (broad SMARTS) is 1. The summed E-state index contributed by atoms with van der Waals surface area (Å²) < 4.78 is 2.98. The molecule has 3 heterocycles. The van der Waals surface area contributed by atoms with Crippen molar-refractivity contribution in [2.45, 2.75) is 26.3 Å². The van der Waals surface area contributed by atoms with E-state index in [9.17, 15) is 14.7 Å². The van der Waals surface area contributed by atoms with E-state index in [1.54, 1.807) is 29.1 Å². The molecule has 0 spiro atoms. The molecule has 2 aromatic carbocycles. The molecule has 0 bridgehead atoms. The highest BCUT2D eigenvalue weighted by Crippen LogP contribution is 2.28. The number of H-pyrrole nitrogens is 1. The van der Waals surface area contributed by atoms with Gasteiger partial charge in [0, 0.05) is 29.2 Å². The summed E-state index contributed by atoms with van der Waals surface area (Å²) in [6, 6.07) is 16.0. The number of nitrogens with one attached hydrogen (secondary N) is 1. The van der Waals surface area contributed by atoms with E-state index in [0.29, 0.717) is 24.5 Å². The highest BCUT2D eigenvalue weighted by atomic mass is 35.5. The first kappa shape index (κ1) is 24.1. The molecule has 0 aliphatic heterocycles. The quantitative estimate of drug-likeness (QED) is 0.316. The van der Waals surface area contributed by atoms with Gasteiger partial charge in [0.15, 0.2) is 0 Å². The van der Waals surface area contributed by atoms with Gasteiger partial charge in [-0.25, -0.2) is 9.59 Å². The number of hydrogen-bond acceptors (Lipinski definition) is 6. The summed E-state index contributed by atoms with van der Waals surface area (Å²) in [6.45, 7) is 2.33. The van der Waals surface area contributed by atoms with Crippen molar-refractivity contribution in [2.24, 2.45) is 0 Å². The first-order chi connectivity index (χ1) is 18.0. The number of hydrogen-bond donors (Lipinski definition) is 2. The monoisotopic (exact) mass is 515 g/mol. The number of nitrogens with zero attached hydrogens (tertiary/aromatic N) is 6. The third-order valence-corrected chi connectivity index (χ3v) is 6.29. The van der Waals surface area contributed by atoms with Crippen molar-refractivity contribution < 1.29 is 9.90 Å². The zero-order valence-electron chi connectivity index (χ0n) is 19.8. The van der Waals surface area contributed by atoms with Gasteiger partial charge in [-0.05, 0) is 41.5 Å². The highest BCUT2D eigenvalue weighted by molar-refractivity contribution is 6.33. The SMILES string of the molecule is CCCc1cn(-c2c(Cl)cccc2C(=O)O)c(=O)n1Cc1ccc(-c2ncccc2-c2nn[nH]n2)cc1. The summed E-state index contributed by atoms with van der Waals surface area (Å²) >= 11 is 6.35. The van der Waals surface area contributed by atoms with Crippen molar-refractivity contribution in [2.75, 3.05) is 0 Å². The van der Waals surface area contributed by atoms with E-state index < -0.39 is 5.97 Å². The molecule has 5 aromatic rings. The Balaban J connectivity index is 1.51. The Morgan fingerprint density at radius 3 is 2.62 bits per heavy atom. The van der Waals surface area contributed by atoms with Crippen molar-refractivity contribution in [3.05, 3.63) is 99.3 Å². The van der Waals surface area contributed by atoms with E-state index in [0.717, 1.165) is 28.8 Å². The summed E-state index contributed by atoms with van der Waals surface area (Å²) in [6.07, 6.45) is 4.84. The number of aromatic amines is 1. The minimum absolute atomic E-state index is 0.0353. The maximum absolute atomic E-state index is 13.5. The highest BCUT2D eigenvalue weighted by Gasteiger charge is 2.20. The number of pyridine rings is 1. The number of benzene rings is 2. The van der Waals surface area contributed by atoms with E-state index in [-0.39, 0.29) is 22.0 Å². The number of carboxylic acids is 1. The number of aromatic nitrogens is 7. The van der Waals surface area contributed by atoms with Gasteiger partial charge in [-0.2, -0.15) is 5.21 Å². The van der Waals surface area contributed by atoms with Gasteiger partial charge in [0.05, 0.1) is 28.5 Å². The van der Waals surface area contributed by atoms with Crippen molar-refractivity contribution in [3.63, 3.8) is 0 Å². The lowest BCUT2D eigenvalue weighted by atomic mass is 10.0. The number of tetrazole rings is 1. The van der Waals surface area contributed by atoms with Gasteiger partial charge >= 0.3 is 11.7 Å². The third-order valence-electron chi connectivity index (χ3n) is 5.99. The molecule has 0 unspecified atom stereocenters. The normalized spacial score (nSPS) is 11.1. The van der Waals surface area contributed by atoms with Crippen LogP contribution in [0.2, 0.25) is 5.02 Å². The predicted molar refractivity (Wildman–Crippen MR) is 138 cm³/mol. The Hall–Kier alpha value is -4.57. The van der Waals surface area contributed by atoms with Crippen molar-refractivity contribution in [3.8, 4) is 28.3 Å². The average Bonchev–Trinajstić information content (AvgIpc) is 3.54. The lowest BCUT2D eigenvalue weighted by Crippen LogP contribution is -2.26. The van der Waals surface area contributed by atoms with Crippen LogP contribution in [0.25, 0.3) is 28.3 Å². The smallest absolute Gasteiger partial charge is 0.337 e. The Kier molecular flexibility index (Phi) is 6.65. The van der Waals surface area contributed by atoms with Crippen LogP contribution in [0.1, 0.15) is 35.0 Å². The van der Waals surface area contributed by atoms with Crippen LogP contribution < -0.4 is 5.69 Å². The Morgan fingerprint density at radius 1 is 1.11 bits per heavy atom. The third kappa shape index (κ3) is 4.66. The molecule has 0 aliphatic carbocycles. The summed E-state index contributed by atoms with van der Waals surface area (Å²) in [4.78, 5) is 29.8. The number of para-hydroxylation sites is 1. The van der Waals surface area contributed by atoms with Crippen LogP contribution >= 0.6 is 11.6 Å². The molecule has 186 valence electrons. The second kappa shape index (κ2) is 10.2. The summed E-state index contributed by atoms with van der Waals surface area (Å²) in [7, 11) is 0. The molecule has 11 heteroatoms. The number of imidazole rings is 1. The van der Waals surface area contributed by atoms with Crippen molar-refractivity contribution in [1.82, 2.24) is 34.7 Å². The molecule has 0 atom stereocenters. The summed E-state index contributed by atoms with van der Waals surface area (Å²) in [5.41, 5.74) is 3.79. The Bertz CT molecular complexity index is 1620. The standard InChI is InChI=1S/C26H22ClN7O3/c1-2-5-18-15-34(23-20(25(35)36)6-3-8-21(23)27)26(37)33(18)14-16-9-11-17(12-10-16)22-19(7-4-13-28-22)24-29-31-32-30-24/h3-4,6-13,15H,2,5,14H2,1H3,(H,35,36)(H,29,30,31,32). The molecule has 0 saturated heterocycles. The van der Waals surface area contributed by atoms with Crippen LogP contribution in [0, 0.1) is 0 Å². The maximum atomic E-state index is 13.5. The molecular weight excluding hydrogens is 494 g/mol. The molecule has 5 rings (SSSR count). The van der Waals surface area contributed by atoms with E-state index in [1.165, 1.54) is 10.6 Å². The lowest BCUT2D eigenvalue weighted by molar-refractivity contribution is 0.0697. The topological polar surface area (TPSA) is 132 Å². The average molecular weight is 516 g/mol. The molecule has 0 fully saturated rings. The second-order valence-corrected chi connectivity index (χ2v) is 8.79. The molecule has 2 N–H and O–H groups in total. The van der Waals surface area contributed by atoms with Gasteiger partial charge in [-0.15, -0.1) is 10.2 Å². The zero-order valence-corrected chi connectivity index (χ0v) is 20.6. The number of rotatable bonds is 8. The van der Waals surface area contributed by atoms with Gasteiger partial charge in [-0.3, -0.25) is 14.1 Å². The minimum Gasteiger partial charge on any atom is -0.478 e. The molecule has 0 aliphatic rings. The molecule has 0 amide bonds. The fourth-order valence-corrected chi connectivity index (χ4v) is 4.55. The Labute approximate surface area is 216 Å². The molecule has 0 radical (unpaired) electrons. The van der Waals surface area contributed by atoms with Crippen LogP contribution in [-0.4, -0.2) is 45.8 Å². The van der Waals surface area contributed by atoms with E-state index in [1.807, 2.05) is 43.3 Å².